The van der Waals surface area contributed by atoms with Gasteiger partial charge in [0.2, 0.25) is 0 Å². The van der Waals surface area contributed by atoms with Crippen molar-refractivity contribution >= 4 is 22.8 Å². The van der Waals surface area contributed by atoms with Crippen LogP contribution >= 0.6 is 0 Å². The number of amides is 1. The van der Waals surface area contributed by atoms with Crippen molar-refractivity contribution in [1.29, 1.82) is 0 Å². The SMILES string of the molecule is C[C@H](NC(=O)c1cn(C)c2ccccc12)C(=O)O. The summed E-state index contributed by atoms with van der Waals surface area (Å²) in [6.45, 7) is 1.44. The third kappa shape index (κ3) is 2.07. The van der Waals surface area contributed by atoms with E-state index in [0.717, 1.165) is 10.9 Å². The number of benzene rings is 1. The summed E-state index contributed by atoms with van der Waals surface area (Å²) >= 11 is 0. The Labute approximate surface area is 104 Å². The number of carboxylic acids is 1. The van der Waals surface area contributed by atoms with Crippen molar-refractivity contribution in [3.05, 3.63) is 36.0 Å². The summed E-state index contributed by atoms with van der Waals surface area (Å²) in [5, 5.41) is 12.0. The van der Waals surface area contributed by atoms with Crippen molar-refractivity contribution in [2.24, 2.45) is 7.05 Å². The number of nitrogens with zero attached hydrogens (tertiary/aromatic N) is 1. The van der Waals surface area contributed by atoms with Crippen molar-refractivity contribution in [3.8, 4) is 0 Å². The first-order valence-electron chi connectivity index (χ1n) is 5.58. The predicted octanol–water partition coefficient (Wildman–Crippen LogP) is 1.38. The molecule has 0 aliphatic carbocycles. The molecule has 0 bridgehead atoms. The van der Waals surface area contributed by atoms with Crippen molar-refractivity contribution in [3.63, 3.8) is 0 Å². The van der Waals surface area contributed by atoms with Crippen LogP contribution in [-0.4, -0.2) is 27.6 Å². The van der Waals surface area contributed by atoms with Crippen LogP contribution in [0.15, 0.2) is 30.5 Å². The number of hydrogen-bond donors (Lipinski definition) is 2. The number of aryl methyl sites for hydroxylation is 1. The van der Waals surface area contributed by atoms with E-state index in [1.807, 2.05) is 35.9 Å². The van der Waals surface area contributed by atoms with E-state index in [2.05, 4.69) is 5.32 Å². The Hall–Kier alpha value is -2.30. The van der Waals surface area contributed by atoms with Gasteiger partial charge in [0, 0.05) is 24.1 Å². The van der Waals surface area contributed by atoms with E-state index in [9.17, 15) is 9.59 Å². The molecule has 0 saturated heterocycles. The van der Waals surface area contributed by atoms with Crippen LogP contribution in [0, 0.1) is 0 Å². The fraction of sp³-hybridized carbons (Fsp3) is 0.231. The topological polar surface area (TPSA) is 71.3 Å². The van der Waals surface area contributed by atoms with Gasteiger partial charge in [0.1, 0.15) is 6.04 Å². The molecule has 0 fully saturated rings. The quantitative estimate of drug-likeness (QED) is 0.859. The van der Waals surface area contributed by atoms with Crippen LogP contribution in [0.3, 0.4) is 0 Å². The molecule has 0 aliphatic heterocycles. The molecule has 2 N–H and O–H groups in total. The second kappa shape index (κ2) is 4.52. The van der Waals surface area contributed by atoms with Crippen LogP contribution in [0.2, 0.25) is 0 Å². The number of carboxylic acid groups (broad SMARTS) is 1. The molecule has 0 radical (unpaired) electrons. The molecule has 1 amide bonds. The lowest BCUT2D eigenvalue weighted by Gasteiger charge is -2.08. The molecule has 2 rings (SSSR count). The number of hydrogen-bond acceptors (Lipinski definition) is 2. The number of rotatable bonds is 3. The molecule has 0 saturated carbocycles. The highest BCUT2D eigenvalue weighted by Crippen LogP contribution is 2.20. The maximum atomic E-state index is 12.0. The van der Waals surface area contributed by atoms with Gasteiger partial charge in [0.05, 0.1) is 5.56 Å². The summed E-state index contributed by atoms with van der Waals surface area (Å²) < 4.78 is 1.84. The number of aliphatic carboxylic acids is 1. The van der Waals surface area contributed by atoms with E-state index in [-0.39, 0.29) is 5.91 Å². The number of para-hydroxylation sites is 1. The Morgan fingerprint density at radius 2 is 2.00 bits per heavy atom. The van der Waals surface area contributed by atoms with Crippen LogP contribution < -0.4 is 5.32 Å². The van der Waals surface area contributed by atoms with Crippen LogP contribution in [0.1, 0.15) is 17.3 Å². The maximum Gasteiger partial charge on any atom is 0.325 e. The normalized spacial score (nSPS) is 12.3. The predicted molar refractivity (Wildman–Crippen MR) is 67.5 cm³/mol. The van der Waals surface area contributed by atoms with Crippen molar-refractivity contribution in [2.75, 3.05) is 0 Å². The Balaban J connectivity index is 2.37. The Morgan fingerprint density at radius 3 is 2.67 bits per heavy atom. The van der Waals surface area contributed by atoms with E-state index < -0.39 is 12.0 Å². The molecule has 0 spiro atoms. The van der Waals surface area contributed by atoms with E-state index in [1.54, 1.807) is 6.20 Å². The molecule has 18 heavy (non-hydrogen) atoms. The Kier molecular flexibility index (Phi) is 3.06. The molecule has 0 unspecified atom stereocenters. The molecule has 1 aromatic heterocycles. The van der Waals surface area contributed by atoms with Crippen molar-refractivity contribution in [2.45, 2.75) is 13.0 Å². The molecule has 0 aliphatic rings. The maximum absolute atomic E-state index is 12.0. The number of carbonyl (C=O) groups is 2. The fourth-order valence-corrected chi connectivity index (χ4v) is 1.86. The lowest BCUT2D eigenvalue weighted by Crippen LogP contribution is -2.38. The first kappa shape index (κ1) is 12.2. The molecule has 1 heterocycles. The van der Waals surface area contributed by atoms with Gasteiger partial charge in [0.25, 0.3) is 5.91 Å². The highest BCUT2D eigenvalue weighted by atomic mass is 16.4. The first-order chi connectivity index (χ1) is 8.50. The van der Waals surface area contributed by atoms with Gasteiger partial charge in [-0.05, 0) is 13.0 Å². The largest absolute Gasteiger partial charge is 0.480 e. The standard InChI is InChI=1S/C13H14N2O3/c1-8(13(17)18)14-12(16)10-7-15(2)11-6-4-3-5-9(10)11/h3-8H,1-2H3,(H,14,16)(H,17,18)/t8-/m0/s1. The molecule has 1 aromatic carbocycles. The Morgan fingerprint density at radius 1 is 1.33 bits per heavy atom. The lowest BCUT2D eigenvalue weighted by molar-refractivity contribution is -0.138. The van der Waals surface area contributed by atoms with Gasteiger partial charge in [-0.15, -0.1) is 0 Å². The van der Waals surface area contributed by atoms with E-state index in [0.29, 0.717) is 5.56 Å². The van der Waals surface area contributed by atoms with Crippen LogP contribution in [0.5, 0.6) is 0 Å². The third-order valence-corrected chi connectivity index (χ3v) is 2.86. The fourth-order valence-electron chi connectivity index (χ4n) is 1.86. The Bertz CT molecular complexity index is 616. The van der Waals surface area contributed by atoms with Crippen molar-refractivity contribution in [1.82, 2.24) is 9.88 Å². The first-order valence-corrected chi connectivity index (χ1v) is 5.58. The minimum Gasteiger partial charge on any atom is -0.480 e. The third-order valence-electron chi connectivity index (χ3n) is 2.86. The van der Waals surface area contributed by atoms with Gasteiger partial charge in [-0.1, -0.05) is 18.2 Å². The van der Waals surface area contributed by atoms with E-state index in [1.165, 1.54) is 6.92 Å². The van der Waals surface area contributed by atoms with Gasteiger partial charge in [-0.2, -0.15) is 0 Å². The number of aromatic nitrogens is 1. The molecular formula is C13H14N2O3. The number of nitrogens with one attached hydrogen (secondary N) is 1. The minimum absolute atomic E-state index is 0.373. The second-order valence-electron chi connectivity index (χ2n) is 4.20. The highest BCUT2D eigenvalue weighted by Gasteiger charge is 2.18. The molecular weight excluding hydrogens is 232 g/mol. The van der Waals surface area contributed by atoms with E-state index >= 15 is 0 Å². The molecule has 1 atom stereocenters. The van der Waals surface area contributed by atoms with Gasteiger partial charge < -0.3 is 15.0 Å². The molecule has 5 heteroatoms. The summed E-state index contributed by atoms with van der Waals surface area (Å²) in [5.41, 5.74) is 1.42. The zero-order chi connectivity index (χ0) is 13.3. The number of fused-ring (bicyclic) bond motifs is 1. The lowest BCUT2D eigenvalue weighted by atomic mass is 10.1. The van der Waals surface area contributed by atoms with Crippen LogP contribution in [-0.2, 0) is 11.8 Å². The minimum atomic E-state index is -1.05. The zero-order valence-electron chi connectivity index (χ0n) is 10.2. The molecule has 5 nitrogen and oxygen atoms in total. The average molecular weight is 246 g/mol. The molecule has 94 valence electrons. The summed E-state index contributed by atoms with van der Waals surface area (Å²) in [6, 6.07) is 6.59. The summed E-state index contributed by atoms with van der Waals surface area (Å²) in [5.74, 6) is -1.43. The van der Waals surface area contributed by atoms with Crippen LogP contribution in [0.4, 0.5) is 0 Å². The number of carbonyl (C=O) groups excluding carboxylic acids is 1. The highest BCUT2D eigenvalue weighted by molar-refractivity contribution is 6.07. The monoisotopic (exact) mass is 246 g/mol. The van der Waals surface area contributed by atoms with E-state index in [4.69, 9.17) is 5.11 Å². The zero-order valence-corrected chi connectivity index (χ0v) is 10.2. The summed E-state index contributed by atoms with van der Waals surface area (Å²) in [4.78, 5) is 22.7. The van der Waals surface area contributed by atoms with Gasteiger partial charge in [-0.3, -0.25) is 9.59 Å². The summed E-state index contributed by atoms with van der Waals surface area (Å²) in [7, 11) is 1.85. The van der Waals surface area contributed by atoms with Crippen LogP contribution in [0.25, 0.3) is 10.9 Å². The van der Waals surface area contributed by atoms with Gasteiger partial charge >= 0.3 is 5.97 Å². The smallest absolute Gasteiger partial charge is 0.325 e. The average Bonchev–Trinajstić information content (AvgIpc) is 2.67. The molecule has 2 aromatic rings. The van der Waals surface area contributed by atoms with Crippen molar-refractivity contribution < 1.29 is 14.7 Å². The van der Waals surface area contributed by atoms with Gasteiger partial charge in [0.15, 0.2) is 0 Å². The van der Waals surface area contributed by atoms with Gasteiger partial charge in [-0.25, -0.2) is 0 Å². The second-order valence-corrected chi connectivity index (χ2v) is 4.20. The summed E-state index contributed by atoms with van der Waals surface area (Å²) in [6.07, 6.45) is 1.70.